The molecular weight excluding hydrogens is 590 g/mol. The van der Waals surface area contributed by atoms with Crippen molar-refractivity contribution in [2.45, 2.75) is 51.2 Å². The maximum atomic E-state index is 13.6. The first kappa shape index (κ1) is 30.8. The molecule has 2 aliphatic heterocycles. The Morgan fingerprint density at radius 2 is 1.30 bits per heavy atom. The number of benzene rings is 3. The lowest BCUT2D eigenvalue weighted by atomic mass is 9.89. The van der Waals surface area contributed by atoms with Crippen LogP contribution in [0.3, 0.4) is 0 Å². The van der Waals surface area contributed by atoms with Crippen molar-refractivity contribution in [3.05, 3.63) is 95.1 Å². The van der Waals surface area contributed by atoms with Crippen molar-refractivity contribution in [2.75, 3.05) is 19.7 Å². The number of likely N-dealkylation sites (tertiary alicyclic amines) is 1. The Morgan fingerprint density at radius 1 is 0.804 bits per heavy atom. The predicted molar refractivity (Wildman–Crippen MR) is 166 cm³/mol. The maximum Gasteiger partial charge on any atom is 0.410 e. The van der Waals surface area contributed by atoms with Gasteiger partial charge in [0, 0.05) is 19.0 Å². The van der Waals surface area contributed by atoms with Gasteiger partial charge in [0.05, 0.1) is 11.1 Å². The lowest BCUT2D eigenvalue weighted by molar-refractivity contribution is -0.173. The topological polar surface area (TPSA) is 132 Å². The summed E-state index contributed by atoms with van der Waals surface area (Å²) in [6.07, 6.45) is -0.670. The molecule has 3 aliphatic rings. The highest BCUT2D eigenvalue weighted by atomic mass is 16.7. The Balaban J connectivity index is 1.16. The lowest BCUT2D eigenvalue weighted by Gasteiger charge is -2.36. The highest BCUT2D eigenvalue weighted by Gasteiger charge is 2.43. The standard InChI is InChI=1S/C35H35N3O8/c1-35(2,3)45-34(43)37-18-16-21(17-19-37)29(32(41)46-38-30(39)26-14-8-9-15-27(26)31(38)40)36-33(42)44-20-28-24-12-6-4-10-22(24)23-11-5-7-13-25(23)28/h4-15,21,28-29H,16-20H2,1-3H3,(H,36,42). The molecule has 0 spiro atoms. The van der Waals surface area contributed by atoms with Crippen LogP contribution in [0, 0.1) is 5.92 Å². The smallest absolute Gasteiger partial charge is 0.410 e. The van der Waals surface area contributed by atoms with Gasteiger partial charge in [-0.1, -0.05) is 65.7 Å². The summed E-state index contributed by atoms with van der Waals surface area (Å²) in [4.78, 5) is 72.3. The number of piperidine rings is 1. The van der Waals surface area contributed by atoms with Gasteiger partial charge in [0.1, 0.15) is 18.2 Å². The zero-order valence-electron chi connectivity index (χ0n) is 25.9. The first-order valence-corrected chi connectivity index (χ1v) is 15.3. The fourth-order valence-corrected chi connectivity index (χ4v) is 6.27. The van der Waals surface area contributed by atoms with Crippen LogP contribution in [0.25, 0.3) is 11.1 Å². The summed E-state index contributed by atoms with van der Waals surface area (Å²) in [6.45, 7) is 5.90. The largest absolute Gasteiger partial charge is 0.449 e. The van der Waals surface area contributed by atoms with Gasteiger partial charge in [-0.15, -0.1) is 0 Å². The number of hydroxylamine groups is 2. The van der Waals surface area contributed by atoms with Gasteiger partial charge in [-0.2, -0.15) is 0 Å². The van der Waals surface area contributed by atoms with Crippen LogP contribution in [0.4, 0.5) is 9.59 Å². The number of carbonyl (C=O) groups excluding carboxylic acids is 5. The van der Waals surface area contributed by atoms with Crippen LogP contribution in [0.1, 0.15) is 71.4 Å². The van der Waals surface area contributed by atoms with E-state index in [9.17, 15) is 24.0 Å². The molecule has 11 nitrogen and oxygen atoms in total. The van der Waals surface area contributed by atoms with Gasteiger partial charge >= 0.3 is 18.2 Å². The molecule has 3 aromatic rings. The molecule has 0 bridgehead atoms. The van der Waals surface area contributed by atoms with Gasteiger partial charge in [0.15, 0.2) is 0 Å². The molecule has 1 atom stereocenters. The number of imide groups is 1. The van der Waals surface area contributed by atoms with E-state index in [2.05, 4.69) is 5.32 Å². The van der Waals surface area contributed by atoms with Gasteiger partial charge in [-0.05, 0) is 73.9 Å². The van der Waals surface area contributed by atoms with E-state index in [1.807, 2.05) is 48.5 Å². The zero-order valence-corrected chi connectivity index (χ0v) is 25.9. The number of fused-ring (bicyclic) bond motifs is 4. The molecule has 46 heavy (non-hydrogen) atoms. The number of ether oxygens (including phenoxy) is 2. The molecule has 238 valence electrons. The first-order chi connectivity index (χ1) is 22.0. The molecule has 0 saturated carbocycles. The summed E-state index contributed by atoms with van der Waals surface area (Å²) in [7, 11) is 0. The van der Waals surface area contributed by atoms with E-state index in [4.69, 9.17) is 14.3 Å². The highest BCUT2D eigenvalue weighted by molar-refractivity contribution is 6.21. The minimum absolute atomic E-state index is 0.0249. The molecular formula is C35H35N3O8. The van der Waals surface area contributed by atoms with Crippen LogP contribution >= 0.6 is 0 Å². The highest BCUT2D eigenvalue weighted by Crippen LogP contribution is 2.44. The zero-order chi connectivity index (χ0) is 32.6. The van der Waals surface area contributed by atoms with Gasteiger partial charge in [-0.25, -0.2) is 14.4 Å². The maximum absolute atomic E-state index is 13.6. The SMILES string of the molecule is CC(C)(C)OC(=O)N1CCC(C(NC(=O)OCC2c3ccccc3-c3ccccc32)C(=O)ON2C(=O)c3ccccc3C2=O)CC1. The number of hydrogen-bond donors (Lipinski definition) is 1. The summed E-state index contributed by atoms with van der Waals surface area (Å²) >= 11 is 0. The van der Waals surface area contributed by atoms with Crippen molar-refractivity contribution in [3.8, 4) is 11.1 Å². The van der Waals surface area contributed by atoms with Crippen molar-refractivity contribution in [3.63, 3.8) is 0 Å². The molecule has 11 heteroatoms. The Kier molecular flexibility index (Phi) is 8.24. The van der Waals surface area contributed by atoms with E-state index < -0.39 is 47.5 Å². The van der Waals surface area contributed by atoms with E-state index >= 15 is 0 Å². The molecule has 0 aromatic heterocycles. The second-order valence-corrected chi connectivity index (χ2v) is 12.6. The monoisotopic (exact) mass is 625 g/mol. The summed E-state index contributed by atoms with van der Waals surface area (Å²) in [5.74, 6) is -3.21. The Morgan fingerprint density at radius 3 is 1.83 bits per heavy atom. The minimum atomic E-state index is -1.26. The minimum Gasteiger partial charge on any atom is -0.449 e. The molecule has 1 unspecified atom stereocenters. The summed E-state index contributed by atoms with van der Waals surface area (Å²) in [6, 6.07) is 20.8. The Labute approximate surface area is 266 Å². The molecule has 1 fully saturated rings. The van der Waals surface area contributed by atoms with Crippen LogP contribution in [0.5, 0.6) is 0 Å². The van der Waals surface area contributed by atoms with Crippen molar-refractivity contribution in [2.24, 2.45) is 5.92 Å². The third-order valence-corrected chi connectivity index (χ3v) is 8.47. The van der Waals surface area contributed by atoms with Gasteiger partial charge in [0.2, 0.25) is 0 Å². The summed E-state index contributed by atoms with van der Waals surface area (Å²) < 4.78 is 11.2. The van der Waals surface area contributed by atoms with Crippen molar-refractivity contribution in [1.82, 2.24) is 15.3 Å². The molecule has 0 radical (unpaired) electrons. The lowest BCUT2D eigenvalue weighted by Crippen LogP contribution is -2.53. The molecule has 6 rings (SSSR count). The average Bonchev–Trinajstić information content (AvgIpc) is 3.49. The predicted octanol–water partition coefficient (Wildman–Crippen LogP) is 5.30. The van der Waals surface area contributed by atoms with Gasteiger partial charge < -0.3 is 24.5 Å². The van der Waals surface area contributed by atoms with E-state index in [1.54, 1.807) is 37.8 Å². The molecule has 2 heterocycles. The van der Waals surface area contributed by atoms with Crippen LogP contribution in [0.2, 0.25) is 0 Å². The summed E-state index contributed by atoms with van der Waals surface area (Å²) in [5, 5.41) is 3.07. The number of hydrogen-bond acceptors (Lipinski definition) is 8. The fraction of sp³-hybridized carbons (Fsp3) is 0.343. The molecule has 1 aliphatic carbocycles. The molecule has 4 amide bonds. The van der Waals surface area contributed by atoms with Gasteiger partial charge in [-0.3, -0.25) is 9.59 Å². The van der Waals surface area contributed by atoms with E-state index in [1.165, 1.54) is 12.1 Å². The Bertz CT molecular complexity index is 1630. The third-order valence-electron chi connectivity index (χ3n) is 8.47. The summed E-state index contributed by atoms with van der Waals surface area (Å²) in [5.41, 5.74) is 3.79. The van der Waals surface area contributed by atoms with E-state index in [0.29, 0.717) is 17.9 Å². The normalized spacial score (nSPS) is 16.8. The van der Waals surface area contributed by atoms with Crippen molar-refractivity contribution in [1.29, 1.82) is 0 Å². The number of carbonyl (C=O) groups is 5. The van der Waals surface area contributed by atoms with E-state index in [-0.39, 0.29) is 36.7 Å². The average molecular weight is 626 g/mol. The van der Waals surface area contributed by atoms with Crippen LogP contribution < -0.4 is 5.32 Å². The second-order valence-electron chi connectivity index (χ2n) is 12.6. The number of alkyl carbamates (subject to hydrolysis) is 1. The van der Waals surface area contributed by atoms with E-state index in [0.717, 1.165) is 22.3 Å². The fourth-order valence-electron chi connectivity index (χ4n) is 6.27. The van der Waals surface area contributed by atoms with Crippen LogP contribution in [-0.4, -0.2) is 71.3 Å². The first-order valence-electron chi connectivity index (χ1n) is 15.3. The number of nitrogens with one attached hydrogen (secondary N) is 1. The second kappa shape index (κ2) is 12.3. The third kappa shape index (κ3) is 6.04. The van der Waals surface area contributed by atoms with Crippen molar-refractivity contribution < 1.29 is 38.3 Å². The number of rotatable bonds is 6. The molecule has 1 saturated heterocycles. The number of nitrogens with zero attached hydrogens (tertiary/aromatic N) is 2. The van der Waals surface area contributed by atoms with Crippen LogP contribution in [-0.2, 0) is 19.1 Å². The molecule has 1 N–H and O–H groups in total. The van der Waals surface area contributed by atoms with Crippen molar-refractivity contribution >= 4 is 30.0 Å². The molecule has 3 aromatic carbocycles. The van der Waals surface area contributed by atoms with Gasteiger partial charge in [0.25, 0.3) is 11.8 Å². The number of amides is 4. The van der Waals surface area contributed by atoms with Crippen LogP contribution in [0.15, 0.2) is 72.8 Å². The quantitative estimate of drug-likeness (QED) is 0.366. The Hall–Kier alpha value is -5.19.